The van der Waals surface area contributed by atoms with E-state index in [4.69, 9.17) is 0 Å². The third-order valence-corrected chi connectivity index (χ3v) is 2.25. The van der Waals surface area contributed by atoms with Gasteiger partial charge in [0.15, 0.2) is 5.01 Å². The maximum absolute atomic E-state index is 13.1. The first-order chi connectivity index (χ1) is 6.29. The summed E-state index contributed by atoms with van der Waals surface area (Å²) in [5.41, 5.74) is 1.33. The summed E-state index contributed by atoms with van der Waals surface area (Å²) >= 11 is 1.10. The van der Waals surface area contributed by atoms with Gasteiger partial charge in [-0.25, -0.2) is 8.78 Å². The number of nitrogens with zero attached hydrogens (tertiary/aromatic N) is 2. The molecule has 2 rings (SSSR count). The molecule has 0 bridgehead atoms. The summed E-state index contributed by atoms with van der Waals surface area (Å²) in [4.78, 5) is 0. The zero-order valence-electron chi connectivity index (χ0n) is 6.37. The van der Waals surface area contributed by atoms with Crippen LogP contribution < -0.4 is 0 Å². The van der Waals surface area contributed by atoms with Crippen LogP contribution in [0.5, 0.6) is 0 Å². The van der Waals surface area contributed by atoms with Gasteiger partial charge in [0.25, 0.3) is 0 Å². The largest absolute Gasteiger partial charge is 0.206 e. The molecule has 1 aromatic carbocycles. The highest BCUT2D eigenvalue weighted by molar-refractivity contribution is 7.12. The Morgan fingerprint density at radius 1 is 1.15 bits per heavy atom. The Labute approximate surface area is 76.9 Å². The van der Waals surface area contributed by atoms with Crippen molar-refractivity contribution in [1.29, 1.82) is 0 Å². The van der Waals surface area contributed by atoms with Crippen molar-refractivity contribution in [3.8, 4) is 10.6 Å². The van der Waals surface area contributed by atoms with Crippen molar-refractivity contribution in [3.63, 3.8) is 0 Å². The molecule has 0 amide bonds. The molecule has 0 spiro atoms. The number of hydrogen-bond donors (Lipinski definition) is 0. The average molecular weight is 198 g/mol. The Morgan fingerprint density at radius 3 is 2.38 bits per heavy atom. The van der Waals surface area contributed by atoms with Crippen molar-refractivity contribution in [3.05, 3.63) is 35.3 Å². The van der Waals surface area contributed by atoms with Crippen LogP contribution in [0.3, 0.4) is 0 Å². The van der Waals surface area contributed by atoms with E-state index < -0.39 is 11.6 Å². The summed E-state index contributed by atoms with van der Waals surface area (Å²) in [6.45, 7) is 0. The molecule has 0 atom stereocenters. The second kappa shape index (κ2) is 3.18. The maximum atomic E-state index is 13.1. The van der Waals surface area contributed by atoms with Gasteiger partial charge in [0.1, 0.15) is 17.1 Å². The van der Waals surface area contributed by atoms with Crippen molar-refractivity contribution in [2.75, 3.05) is 0 Å². The first-order valence-corrected chi connectivity index (χ1v) is 4.37. The van der Waals surface area contributed by atoms with Crippen LogP contribution >= 0.6 is 11.3 Å². The van der Waals surface area contributed by atoms with Gasteiger partial charge < -0.3 is 0 Å². The monoisotopic (exact) mass is 198 g/mol. The van der Waals surface area contributed by atoms with E-state index in [1.54, 1.807) is 0 Å². The summed E-state index contributed by atoms with van der Waals surface area (Å²) in [5.74, 6) is -1.23. The second-order valence-electron chi connectivity index (χ2n) is 2.34. The lowest BCUT2D eigenvalue weighted by molar-refractivity contribution is 0.589. The molecule has 2 aromatic rings. The highest BCUT2D eigenvalue weighted by Crippen LogP contribution is 2.26. The molecule has 2 nitrogen and oxygen atoms in total. The standard InChI is InChI=1S/C8H4F2N2S/c9-5-2-1-3-6(10)7(5)8-12-11-4-13-8/h1-4H. The topological polar surface area (TPSA) is 25.8 Å². The van der Waals surface area contributed by atoms with Gasteiger partial charge in [-0.15, -0.1) is 10.2 Å². The highest BCUT2D eigenvalue weighted by atomic mass is 32.1. The van der Waals surface area contributed by atoms with Crippen LogP contribution in [-0.4, -0.2) is 10.2 Å². The van der Waals surface area contributed by atoms with Crippen molar-refractivity contribution in [2.45, 2.75) is 0 Å². The van der Waals surface area contributed by atoms with Crippen LogP contribution in [-0.2, 0) is 0 Å². The highest BCUT2D eigenvalue weighted by Gasteiger charge is 2.12. The Morgan fingerprint density at radius 2 is 1.85 bits per heavy atom. The fourth-order valence-electron chi connectivity index (χ4n) is 0.984. The zero-order chi connectivity index (χ0) is 9.26. The molecule has 0 N–H and O–H groups in total. The minimum atomic E-state index is -0.614. The Balaban J connectivity index is 2.64. The normalized spacial score (nSPS) is 10.3. The van der Waals surface area contributed by atoms with Crippen molar-refractivity contribution in [2.24, 2.45) is 0 Å². The lowest BCUT2D eigenvalue weighted by atomic mass is 10.2. The van der Waals surface area contributed by atoms with Crippen LogP contribution in [0.2, 0.25) is 0 Å². The van der Waals surface area contributed by atoms with Gasteiger partial charge in [0.05, 0.1) is 5.56 Å². The molecule has 0 unspecified atom stereocenters. The van der Waals surface area contributed by atoms with E-state index in [1.807, 2.05) is 0 Å². The van der Waals surface area contributed by atoms with Crippen LogP contribution in [0.1, 0.15) is 0 Å². The predicted molar refractivity (Wildman–Crippen MR) is 45.3 cm³/mol. The molecule has 5 heteroatoms. The Bertz CT molecular complexity index is 394. The van der Waals surface area contributed by atoms with Gasteiger partial charge in [0, 0.05) is 0 Å². The van der Waals surface area contributed by atoms with Crippen molar-refractivity contribution >= 4 is 11.3 Å². The first-order valence-electron chi connectivity index (χ1n) is 3.49. The van der Waals surface area contributed by atoms with E-state index in [2.05, 4.69) is 10.2 Å². The molecule has 0 aliphatic heterocycles. The van der Waals surface area contributed by atoms with E-state index in [9.17, 15) is 8.78 Å². The van der Waals surface area contributed by atoms with Crippen LogP contribution in [0.25, 0.3) is 10.6 Å². The van der Waals surface area contributed by atoms with Crippen LogP contribution in [0, 0.1) is 11.6 Å². The summed E-state index contributed by atoms with van der Waals surface area (Å²) in [6.07, 6.45) is 0. The number of hydrogen-bond acceptors (Lipinski definition) is 3. The van der Waals surface area contributed by atoms with Crippen LogP contribution in [0.4, 0.5) is 8.78 Å². The number of halogens is 2. The van der Waals surface area contributed by atoms with Gasteiger partial charge in [-0.2, -0.15) is 0 Å². The zero-order valence-corrected chi connectivity index (χ0v) is 7.18. The fraction of sp³-hybridized carbons (Fsp3) is 0. The molecule has 0 radical (unpaired) electrons. The van der Waals surface area contributed by atoms with E-state index in [1.165, 1.54) is 23.7 Å². The molecular formula is C8H4F2N2S. The summed E-state index contributed by atoms with van der Waals surface area (Å²) in [7, 11) is 0. The average Bonchev–Trinajstić information content (AvgIpc) is 2.57. The molecule has 0 fully saturated rings. The molecule has 66 valence electrons. The van der Waals surface area contributed by atoms with E-state index in [-0.39, 0.29) is 10.6 Å². The lowest BCUT2D eigenvalue weighted by Crippen LogP contribution is -1.88. The molecular weight excluding hydrogens is 194 g/mol. The molecule has 0 aliphatic rings. The fourth-order valence-corrected chi connectivity index (χ4v) is 1.59. The van der Waals surface area contributed by atoms with Crippen molar-refractivity contribution in [1.82, 2.24) is 10.2 Å². The third-order valence-electron chi connectivity index (χ3n) is 1.54. The molecule has 0 saturated heterocycles. The molecule has 1 aromatic heterocycles. The van der Waals surface area contributed by atoms with Gasteiger partial charge >= 0.3 is 0 Å². The van der Waals surface area contributed by atoms with Gasteiger partial charge in [-0.1, -0.05) is 17.4 Å². The molecule has 1 heterocycles. The van der Waals surface area contributed by atoms with Crippen LogP contribution in [0.15, 0.2) is 23.7 Å². The van der Waals surface area contributed by atoms with E-state index >= 15 is 0 Å². The second-order valence-corrected chi connectivity index (χ2v) is 3.17. The van der Waals surface area contributed by atoms with E-state index in [0.29, 0.717) is 0 Å². The summed E-state index contributed by atoms with van der Waals surface area (Å²) < 4.78 is 26.2. The minimum absolute atomic E-state index is 0.106. The number of rotatable bonds is 1. The SMILES string of the molecule is Fc1cccc(F)c1-c1nncs1. The summed E-state index contributed by atoms with van der Waals surface area (Å²) in [6, 6.07) is 3.70. The first kappa shape index (κ1) is 8.25. The molecule has 0 saturated carbocycles. The quantitative estimate of drug-likeness (QED) is 0.703. The van der Waals surface area contributed by atoms with Gasteiger partial charge in [0.2, 0.25) is 0 Å². The van der Waals surface area contributed by atoms with Crippen molar-refractivity contribution < 1.29 is 8.78 Å². The number of benzene rings is 1. The smallest absolute Gasteiger partial charge is 0.153 e. The third kappa shape index (κ3) is 1.42. The molecule has 0 aliphatic carbocycles. The minimum Gasteiger partial charge on any atom is -0.206 e. The van der Waals surface area contributed by atoms with E-state index in [0.717, 1.165) is 11.3 Å². The lowest BCUT2D eigenvalue weighted by Gasteiger charge is -1.98. The number of aromatic nitrogens is 2. The Kier molecular flexibility index (Phi) is 2.02. The predicted octanol–water partition coefficient (Wildman–Crippen LogP) is 2.48. The molecule has 13 heavy (non-hydrogen) atoms. The van der Waals surface area contributed by atoms with Gasteiger partial charge in [-0.05, 0) is 12.1 Å². The van der Waals surface area contributed by atoms with Gasteiger partial charge in [-0.3, -0.25) is 0 Å². The Hall–Kier alpha value is -1.36. The maximum Gasteiger partial charge on any atom is 0.153 e. The summed E-state index contributed by atoms with van der Waals surface area (Å²) in [5, 5.41) is 7.37.